The van der Waals surface area contributed by atoms with Crippen molar-refractivity contribution in [2.45, 2.75) is 13.5 Å². The van der Waals surface area contributed by atoms with Gasteiger partial charge in [-0.25, -0.2) is 4.79 Å². The Labute approximate surface area is 129 Å². The summed E-state index contributed by atoms with van der Waals surface area (Å²) >= 11 is 4.57. The Balaban J connectivity index is 2.12. The number of hydrogen-bond donors (Lipinski definition) is 2. The minimum atomic E-state index is -0.449. The van der Waals surface area contributed by atoms with Crippen LogP contribution in [0.25, 0.3) is 0 Å². The third-order valence-corrected chi connectivity index (χ3v) is 3.85. The third kappa shape index (κ3) is 3.49. The first-order valence-electron chi connectivity index (χ1n) is 6.02. The first-order chi connectivity index (χ1) is 9.61. The number of aromatic nitrogens is 1. The number of rotatable bonds is 5. The van der Waals surface area contributed by atoms with Gasteiger partial charge in [0.05, 0.1) is 6.61 Å². The standard InChI is InChI=1S/C13H14BrN3O2S/c1-2-19-13(18)10-11(15)17-20-12(10)16-7-8-4-3-5-9(14)6-8/h3-6,16H,2,7H2,1H3,(H2,15,17). The molecule has 5 nitrogen and oxygen atoms in total. The molecule has 0 atom stereocenters. The molecular formula is C13H14BrN3O2S. The molecule has 1 heterocycles. The van der Waals surface area contributed by atoms with E-state index in [1.165, 1.54) is 0 Å². The summed E-state index contributed by atoms with van der Waals surface area (Å²) in [7, 11) is 0. The Kier molecular flexibility index (Phi) is 4.97. The van der Waals surface area contributed by atoms with Crippen molar-refractivity contribution in [2.75, 3.05) is 17.7 Å². The van der Waals surface area contributed by atoms with Gasteiger partial charge in [-0.2, -0.15) is 4.37 Å². The molecule has 2 rings (SSSR count). The van der Waals surface area contributed by atoms with Crippen LogP contribution in [0.1, 0.15) is 22.8 Å². The van der Waals surface area contributed by atoms with Crippen LogP contribution < -0.4 is 11.1 Å². The van der Waals surface area contributed by atoms with E-state index < -0.39 is 5.97 Å². The van der Waals surface area contributed by atoms with Crippen molar-refractivity contribution in [3.05, 3.63) is 39.9 Å². The van der Waals surface area contributed by atoms with Crippen molar-refractivity contribution in [1.29, 1.82) is 0 Å². The monoisotopic (exact) mass is 355 g/mol. The number of ether oxygens (including phenoxy) is 1. The molecule has 0 saturated heterocycles. The molecule has 1 aromatic heterocycles. The Morgan fingerprint density at radius 3 is 3.05 bits per heavy atom. The molecule has 2 aromatic rings. The molecule has 0 bridgehead atoms. The molecule has 0 saturated carbocycles. The fourth-order valence-electron chi connectivity index (χ4n) is 1.65. The molecule has 0 aliphatic rings. The van der Waals surface area contributed by atoms with E-state index in [0.717, 1.165) is 21.6 Å². The minimum Gasteiger partial charge on any atom is -0.462 e. The number of anilines is 2. The van der Waals surface area contributed by atoms with E-state index in [9.17, 15) is 4.79 Å². The SMILES string of the molecule is CCOC(=O)c1c(N)nsc1NCc1cccc(Br)c1. The topological polar surface area (TPSA) is 77.2 Å². The molecular weight excluding hydrogens is 342 g/mol. The summed E-state index contributed by atoms with van der Waals surface area (Å²) in [5.41, 5.74) is 7.11. The summed E-state index contributed by atoms with van der Waals surface area (Å²) in [4.78, 5) is 11.8. The van der Waals surface area contributed by atoms with Gasteiger partial charge in [0.2, 0.25) is 0 Å². The fraction of sp³-hybridized carbons (Fsp3) is 0.231. The van der Waals surface area contributed by atoms with Crippen LogP contribution in [-0.2, 0) is 11.3 Å². The highest BCUT2D eigenvalue weighted by Gasteiger charge is 2.20. The van der Waals surface area contributed by atoms with E-state index in [1.807, 2.05) is 24.3 Å². The van der Waals surface area contributed by atoms with Crippen molar-refractivity contribution in [3.8, 4) is 0 Å². The molecule has 0 spiro atoms. The molecule has 0 unspecified atom stereocenters. The number of nitrogen functional groups attached to an aromatic ring is 1. The van der Waals surface area contributed by atoms with Gasteiger partial charge >= 0.3 is 5.97 Å². The second-order valence-electron chi connectivity index (χ2n) is 3.98. The van der Waals surface area contributed by atoms with Gasteiger partial charge in [-0.1, -0.05) is 28.1 Å². The Morgan fingerprint density at radius 1 is 1.55 bits per heavy atom. The molecule has 7 heteroatoms. The highest BCUT2D eigenvalue weighted by molar-refractivity contribution is 9.10. The van der Waals surface area contributed by atoms with Crippen LogP contribution in [0.15, 0.2) is 28.7 Å². The Morgan fingerprint density at radius 2 is 2.35 bits per heavy atom. The molecule has 0 amide bonds. The molecule has 106 valence electrons. The zero-order valence-electron chi connectivity index (χ0n) is 10.9. The van der Waals surface area contributed by atoms with Crippen LogP contribution in [0.2, 0.25) is 0 Å². The fourth-order valence-corrected chi connectivity index (χ4v) is 2.80. The predicted molar refractivity (Wildman–Crippen MR) is 84.0 cm³/mol. The van der Waals surface area contributed by atoms with Gasteiger partial charge in [0.1, 0.15) is 10.6 Å². The minimum absolute atomic E-state index is 0.199. The van der Waals surface area contributed by atoms with Crippen molar-refractivity contribution in [3.63, 3.8) is 0 Å². The van der Waals surface area contributed by atoms with Crippen molar-refractivity contribution in [1.82, 2.24) is 4.37 Å². The molecule has 0 radical (unpaired) electrons. The smallest absolute Gasteiger partial charge is 0.344 e. The molecule has 0 fully saturated rings. The summed E-state index contributed by atoms with van der Waals surface area (Å²) in [6.07, 6.45) is 0. The second kappa shape index (κ2) is 6.71. The highest BCUT2D eigenvalue weighted by atomic mass is 79.9. The van der Waals surface area contributed by atoms with Crippen LogP contribution in [0.5, 0.6) is 0 Å². The first-order valence-corrected chi connectivity index (χ1v) is 7.59. The largest absolute Gasteiger partial charge is 0.462 e. The van der Waals surface area contributed by atoms with E-state index in [-0.39, 0.29) is 5.82 Å². The maximum Gasteiger partial charge on any atom is 0.344 e. The van der Waals surface area contributed by atoms with E-state index >= 15 is 0 Å². The van der Waals surface area contributed by atoms with Crippen molar-refractivity contribution >= 4 is 44.3 Å². The molecule has 20 heavy (non-hydrogen) atoms. The number of nitrogens with zero attached hydrogens (tertiary/aromatic N) is 1. The second-order valence-corrected chi connectivity index (χ2v) is 5.66. The summed E-state index contributed by atoms with van der Waals surface area (Å²) in [5.74, 6) is -0.249. The van der Waals surface area contributed by atoms with Gasteiger partial charge in [0, 0.05) is 11.0 Å². The lowest BCUT2D eigenvalue weighted by Crippen LogP contribution is -2.10. The Hall–Kier alpha value is -1.60. The van der Waals surface area contributed by atoms with Crippen LogP contribution in [0, 0.1) is 0 Å². The zero-order valence-corrected chi connectivity index (χ0v) is 13.3. The average Bonchev–Trinajstić information content (AvgIpc) is 2.78. The number of carbonyl (C=O) groups is 1. The number of halogens is 1. The van der Waals surface area contributed by atoms with Gasteiger partial charge in [-0.15, -0.1) is 0 Å². The van der Waals surface area contributed by atoms with Gasteiger partial charge in [-0.3, -0.25) is 0 Å². The average molecular weight is 356 g/mol. The maximum atomic E-state index is 11.8. The third-order valence-electron chi connectivity index (χ3n) is 2.54. The lowest BCUT2D eigenvalue weighted by atomic mass is 10.2. The first kappa shape index (κ1) is 14.8. The van der Waals surface area contributed by atoms with Gasteiger partial charge in [0.15, 0.2) is 5.82 Å². The number of nitrogens with two attached hydrogens (primary N) is 1. The lowest BCUT2D eigenvalue weighted by molar-refractivity contribution is 0.0529. The number of hydrogen-bond acceptors (Lipinski definition) is 6. The lowest BCUT2D eigenvalue weighted by Gasteiger charge is -2.07. The van der Waals surface area contributed by atoms with Crippen LogP contribution in [-0.4, -0.2) is 16.9 Å². The number of esters is 1. The van der Waals surface area contributed by atoms with Gasteiger partial charge < -0.3 is 15.8 Å². The van der Waals surface area contributed by atoms with Gasteiger partial charge in [-0.05, 0) is 36.2 Å². The van der Waals surface area contributed by atoms with E-state index in [1.54, 1.807) is 6.92 Å². The molecule has 3 N–H and O–H groups in total. The summed E-state index contributed by atoms with van der Waals surface area (Å²) in [6, 6.07) is 7.90. The summed E-state index contributed by atoms with van der Waals surface area (Å²) < 4.78 is 9.98. The van der Waals surface area contributed by atoms with Crippen LogP contribution in [0.3, 0.4) is 0 Å². The summed E-state index contributed by atoms with van der Waals surface area (Å²) in [6.45, 7) is 2.63. The molecule has 0 aliphatic carbocycles. The van der Waals surface area contributed by atoms with E-state index in [2.05, 4.69) is 25.6 Å². The van der Waals surface area contributed by atoms with E-state index in [0.29, 0.717) is 23.7 Å². The number of benzene rings is 1. The van der Waals surface area contributed by atoms with Crippen molar-refractivity contribution < 1.29 is 9.53 Å². The maximum absolute atomic E-state index is 11.8. The molecule has 1 aromatic carbocycles. The quantitative estimate of drug-likeness (QED) is 0.804. The summed E-state index contributed by atoms with van der Waals surface area (Å²) in [5, 5.41) is 3.80. The Bertz CT molecular complexity index is 615. The van der Waals surface area contributed by atoms with E-state index in [4.69, 9.17) is 10.5 Å². The predicted octanol–water partition coefficient (Wildman–Crippen LogP) is 3.28. The van der Waals surface area contributed by atoms with Crippen molar-refractivity contribution in [2.24, 2.45) is 0 Å². The molecule has 0 aliphatic heterocycles. The van der Waals surface area contributed by atoms with Gasteiger partial charge in [0.25, 0.3) is 0 Å². The highest BCUT2D eigenvalue weighted by Crippen LogP contribution is 2.28. The zero-order chi connectivity index (χ0) is 14.5. The number of nitrogens with one attached hydrogen (secondary N) is 1. The normalized spacial score (nSPS) is 10.3. The van der Waals surface area contributed by atoms with Crippen LogP contribution >= 0.6 is 27.5 Å². The van der Waals surface area contributed by atoms with Crippen LogP contribution in [0.4, 0.5) is 10.8 Å². The number of carbonyl (C=O) groups excluding carboxylic acids is 1.